The van der Waals surface area contributed by atoms with E-state index < -0.39 is 0 Å². The summed E-state index contributed by atoms with van der Waals surface area (Å²) in [5.74, 6) is 0.0138. The highest BCUT2D eigenvalue weighted by Gasteiger charge is 2.06. The van der Waals surface area contributed by atoms with Crippen molar-refractivity contribution < 1.29 is 4.79 Å². The molecule has 2 aromatic carbocycles. The van der Waals surface area contributed by atoms with Gasteiger partial charge in [0.1, 0.15) is 0 Å². The Morgan fingerprint density at radius 3 is 2.43 bits per heavy atom. The van der Waals surface area contributed by atoms with Gasteiger partial charge in [0.05, 0.1) is 0 Å². The van der Waals surface area contributed by atoms with Crippen molar-refractivity contribution in [1.29, 1.82) is 0 Å². The van der Waals surface area contributed by atoms with Gasteiger partial charge < -0.3 is 5.32 Å². The van der Waals surface area contributed by atoms with Crippen molar-refractivity contribution in [1.82, 2.24) is 0 Å². The van der Waals surface area contributed by atoms with Gasteiger partial charge in [0, 0.05) is 17.1 Å². The molecule has 0 radical (unpaired) electrons. The number of aryl methyl sites for hydroxylation is 3. The van der Waals surface area contributed by atoms with E-state index in [-0.39, 0.29) is 5.91 Å². The monoisotopic (exact) mass is 301 g/mol. The molecule has 110 valence electrons. The van der Waals surface area contributed by atoms with Crippen LogP contribution in [0.3, 0.4) is 0 Å². The second kappa shape index (κ2) is 7.28. The molecule has 0 bridgehead atoms. The number of carbonyl (C=O) groups excluding carboxylic acids is 1. The number of rotatable bonds is 5. The Hall–Kier alpha value is -1.80. The Morgan fingerprint density at radius 2 is 1.76 bits per heavy atom. The Morgan fingerprint density at radius 1 is 1.10 bits per heavy atom. The van der Waals surface area contributed by atoms with E-state index in [2.05, 4.69) is 36.5 Å². The third-order valence-electron chi connectivity index (χ3n) is 3.55. The summed E-state index contributed by atoms with van der Waals surface area (Å²) in [5, 5.41) is 3.55. The highest BCUT2D eigenvalue weighted by atomic mass is 35.5. The van der Waals surface area contributed by atoms with Crippen LogP contribution < -0.4 is 5.32 Å². The van der Waals surface area contributed by atoms with Crippen LogP contribution in [0.5, 0.6) is 0 Å². The average molecular weight is 302 g/mol. The molecule has 21 heavy (non-hydrogen) atoms. The van der Waals surface area contributed by atoms with Crippen LogP contribution in [0.4, 0.5) is 5.69 Å². The first kappa shape index (κ1) is 15.6. The number of halogens is 1. The number of amides is 1. The van der Waals surface area contributed by atoms with E-state index in [1.54, 1.807) is 6.07 Å². The maximum atomic E-state index is 12.0. The summed E-state index contributed by atoms with van der Waals surface area (Å²) in [5.41, 5.74) is 4.30. The van der Waals surface area contributed by atoms with Crippen LogP contribution in [0.15, 0.2) is 42.5 Å². The highest BCUT2D eigenvalue weighted by molar-refractivity contribution is 6.31. The van der Waals surface area contributed by atoms with Crippen molar-refractivity contribution >= 4 is 23.2 Å². The predicted molar refractivity (Wildman–Crippen MR) is 89.0 cm³/mol. The Kier molecular flexibility index (Phi) is 5.40. The number of benzene rings is 2. The summed E-state index contributed by atoms with van der Waals surface area (Å²) in [4.78, 5) is 12.0. The van der Waals surface area contributed by atoms with E-state index in [0.717, 1.165) is 24.1 Å². The molecule has 0 saturated carbocycles. The van der Waals surface area contributed by atoms with Crippen LogP contribution in [0, 0.1) is 6.92 Å². The van der Waals surface area contributed by atoms with E-state index in [1.165, 1.54) is 11.1 Å². The average Bonchev–Trinajstić information content (AvgIpc) is 2.49. The maximum absolute atomic E-state index is 12.0. The second-order valence-corrected chi connectivity index (χ2v) is 5.61. The van der Waals surface area contributed by atoms with Gasteiger partial charge in [-0.05, 0) is 48.6 Å². The van der Waals surface area contributed by atoms with E-state index in [0.29, 0.717) is 11.4 Å². The standard InChI is InChI=1S/C18H20ClNO/c1-3-14-5-7-15(8-6-14)9-11-18(21)20-17-12-16(19)10-4-13(17)2/h4-8,10,12H,3,9,11H2,1-2H3,(H,20,21). The minimum absolute atomic E-state index is 0.0138. The molecule has 1 amide bonds. The molecular weight excluding hydrogens is 282 g/mol. The molecule has 0 unspecified atom stereocenters. The molecule has 2 rings (SSSR count). The molecule has 1 N–H and O–H groups in total. The van der Waals surface area contributed by atoms with Crippen molar-refractivity contribution in [3.05, 3.63) is 64.2 Å². The van der Waals surface area contributed by atoms with Crippen molar-refractivity contribution in [3.63, 3.8) is 0 Å². The second-order valence-electron chi connectivity index (χ2n) is 5.18. The fourth-order valence-corrected chi connectivity index (χ4v) is 2.31. The number of carbonyl (C=O) groups is 1. The molecule has 0 fully saturated rings. The lowest BCUT2D eigenvalue weighted by Gasteiger charge is -2.09. The first-order valence-corrected chi connectivity index (χ1v) is 7.60. The van der Waals surface area contributed by atoms with Crippen molar-refractivity contribution in [2.45, 2.75) is 33.1 Å². The molecule has 0 aliphatic carbocycles. The Balaban J connectivity index is 1.91. The summed E-state index contributed by atoms with van der Waals surface area (Å²) < 4.78 is 0. The minimum Gasteiger partial charge on any atom is -0.326 e. The molecule has 0 saturated heterocycles. The number of nitrogens with one attached hydrogen (secondary N) is 1. The van der Waals surface area contributed by atoms with Crippen molar-refractivity contribution in [2.75, 3.05) is 5.32 Å². The Labute approximate surface area is 131 Å². The number of hydrogen-bond donors (Lipinski definition) is 1. The van der Waals surface area contributed by atoms with Gasteiger partial charge in [0.25, 0.3) is 0 Å². The first-order chi connectivity index (χ1) is 10.1. The summed E-state index contributed by atoms with van der Waals surface area (Å²) in [7, 11) is 0. The Bertz CT molecular complexity index is 620. The lowest BCUT2D eigenvalue weighted by atomic mass is 10.1. The topological polar surface area (TPSA) is 29.1 Å². The molecule has 0 aliphatic rings. The molecule has 0 atom stereocenters. The maximum Gasteiger partial charge on any atom is 0.224 e. The van der Waals surface area contributed by atoms with Crippen LogP contribution in [0.1, 0.15) is 30.0 Å². The van der Waals surface area contributed by atoms with Gasteiger partial charge in [-0.25, -0.2) is 0 Å². The van der Waals surface area contributed by atoms with Crippen molar-refractivity contribution in [2.24, 2.45) is 0 Å². The number of anilines is 1. The van der Waals surface area contributed by atoms with Gasteiger partial charge in [-0.2, -0.15) is 0 Å². The van der Waals surface area contributed by atoms with E-state index >= 15 is 0 Å². The third-order valence-corrected chi connectivity index (χ3v) is 3.78. The van der Waals surface area contributed by atoms with Crippen LogP contribution >= 0.6 is 11.6 Å². The molecule has 0 aromatic heterocycles. The largest absolute Gasteiger partial charge is 0.326 e. The van der Waals surface area contributed by atoms with Gasteiger partial charge in [-0.1, -0.05) is 48.9 Å². The van der Waals surface area contributed by atoms with Crippen LogP contribution in [0.2, 0.25) is 5.02 Å². The van der Waals surface area contributed by atoms with E-state index in [4.69, 9.17) is 11.6 Å². The summed E-state index contributed by atoms with van der Waals surface area (Å²) in [6.45, 7) is 4.09. The molecule has 3 heteroatoms. The van der Waals surface area contributed by atoms with Gasteiger partial charge in [-0.3, -0.25) is 4.79 Å². The highest BCUT2D eigenvalue weighted by Crippen LogP contribution is 2.20. The van der Waals surface area contributed by atoms with Crippen LogP contribution in [-0.2, 0) is 17.6 Å². The number of hydrogen-bond acceptors (Lipinski definition) is 1. The minimum atomic E-state index is 0.0138. The zero-order valence-electron chi connectivity index (χ0n) is 12.4. The fourth-order valence-electron chi connectivity index (χ4n) is 2.14. The van der Waals surface area contributed by atoms with Gasteiger partial charge in [0.15, 0.2) is 0 Å². The van der Waals surface area contributed by atoms with E-state index in [9.17, 15) is 4.79 Å². The summed E-state index contributed by atoms with van der Waals surface area (Å²) in [6, 6.07) is 13.9. The zero-order chi connectivity index (χ0) is 15.2. The SMILES string of the molecule is CCc1ccc(CCC(=O)Nc2cc(Cl)ccc2C)cc1. The summed E-state index contributed by atoms with van der Waals surface area (Å²) in [6.07, 6.45) is 2.25. The van der Waals surface area contributed by atoms with Crippen molar-refractivity contribution in [3.8, 4) is 0 Å². The smallest absolute Gasteiger partial charge is 0.224 e. The normalized spacial score (nSPS) is 10.4. The van der Waals surface area contributed by atoms with Crippen LogP contribution in [-0.4, -0.2) is 5.91 Å². The van der Waals surface area contributed by atoms with E-state index in [1.807, 2.05) is 19.1 Å². The molecule has 0 spiro atoms. The molecule has 2 nitrogen and oxygen atoms in total. The lowest BCUT2D eigenvalue weighted by Crippen LogP contribution is -2.13. The predicted octanol–water partition coefficient (Wildman–Crippen LogP) is 4.78. The lowest BCUT2D eigenvalue weighted by molar-refractivity contribution is -0.116. The zero-order valence-corrected chi connectivity index (χ0v) is 13.2. The molecule has 2 aromatic rings. The van der Waals surface area contributed by atoms with Gasteiger partial charge in [0.2, 0.25) is 5.91 Å². The molecule has 0 aliphatic heterocycles. The quantitative estimate of drug-likeness (QED) is 0.846. The summed E-state index contributed by atoms with van der Waals surface area (Å²) >= 11 is 5.95. The van der Waals surface area contributed by atoms with Gasteiger partial charge in [-0.15, -0.1) is 0 Å². The van der Waals surface area contributed by atoms with Gasteiger partial charge >= 0.3 is 0 Å². The molecular formula is C18H20ClNO. The molecule has 0 heterocycles. The third kappa shape index (κ3) is 4.61. The first-order valence-electron chi connectivity index (χ1n) is 7.22. The van der Waals surface area contributed by atoms with Crippen LogP contribution in [0.25, 0.3) is 0 Å². The fraction of sp³-hybridized carbons (Fsp3) is 0.278.